The fourth-order valence-electron chi connectivity index (χ4n) is 1.45. The highest BCUT2D eigenvalue weighted by atomic mass is 16.6. The van der Waals surface area contributed by atoms with E-state index in [-0.39, 0.29) is 18.1 Å². The number of carbonyl (C=O) groups excluding carboxylic acids is 1. The number of rotatable bonds is 3. The Labute approximate surface area is 110 Å². The Morgan fingerprint density at radius 2 is 2.05 bits per heavy atom. The molecule has 0 spiro atoms. The SMILES string of the molecule is CC.CCOC(=O)c1cc2cc([N+](=O)[O-])ccc2o1. The number of hydrogen-bond acceptors (Lipinski definition) is 5. The van der Waals surface area contributed by atoms with Crippen LogP contribution in [0.3, 0.4) is 0 Å². The molecule has 0 unspecified atom stereocenters. The number of benzene rings is 1. The lowest BCUT2D eigenvalue weighted by molar-refractivity contribution is -0.384. The molecule has 0 atom stereocenters. The number of carbonyl (C=O) groups is 1. The van der Waals surface area contributed by atoms with Gasteiger partial charge in [-0.05, 0) is 19.1 Å². The Kier molecular flexibility index (Phi) is 5.05. The zero-order valence-electron chi connectivity index (χ0n) is 11.0. The smallest absolute Gasteiger partial charge is 0.374 e. The number of nitro groups is 1. The van der Waals surface area contributed by atoms with E-state index in [2.05, 4.69) is 0 Å². The number of fused-ring (bicyclic) bond motifs is 1. The summed E-state index contributed by atoms with van der Waals surface area (Å²) in [4.78, 5) is 21.5. The maximum absolute atomic E-state index is 11.4. The summed E-state index contributed by atoms with van der Waals surface area (Å²) in [6.45, 7) is 5.93. The molecule has 0 radical (unpaired) electrons. The molecule has 2 aromatic rings. The van der Waals surface area contributed by atoms with E-state index in [1.807, 2.05) is 13.8 Å². The van der Waals surface area contributed by atoms with Crippen LogP contribution in [0.5, 0.6) is 0 Å². The Hall–Kier alpha value is -2.37. The molecule has 0 aliphatic heterocycles. The monoisotopic (exact) mass is 265 g/mol. The Balaban J connectivity index is 0.000000861. The predicted octanol–water partition coefficient (Wildman–Crippen LogP) is 3.54. The van der Waals surface area contributed by atoms with Crippen LogP contribution in [-0.2, 0) is 4.74 Å². The fourth-order valence-corrected chi connectivity index (χ4v) is 1.45. The third-order valence-electron chi connectivity index (χ3n) is 2.19. The standard InChI is InChI=1S/C11H9NO5.C2H6/c1-2-16-11(13)10-6-7-5-8(12(14)15)3-4-9(7)17-10;1-2/h3-6H,2H2,1H3;1-2H3. The van der Waals surface area contributed by atoms with Gasteiger partial charge in [-0.2, -0.15) is 0 Å². The molecule has 0 N–H and O–H groups in total. The number of ether oxygens (including phenoxy) is 1. The van der Waals surface area contributed by atoms with Gasteiger partial charge < -0.3 is 9.15 Å². The summed E-state index contributed by atoms with van der Waals surface area (Å²) in [6.07, 6.45) is 0. The fraction of sp³-hybridized carbons (Fsp3) is 0.308. The number of nitro benzene ring substituents is 1. The largest absolute Gasteiger partial charge is 0.460 e. The zero-order valence-corrected chi connectivity index (χ0v) is 11.0. The van der Waals surface area contributed by atoms with Crippen molar-refractivity contribution in [1.82, 2.24) is 0 Å². The highest BCUT2D eigenvalue weighted by Crippen LogP contribution is 2.24. The topological polar surface area (TPSA) is 82.6 Å². The van der Waals surface area contributed by atoms with Crippen LogP contribution in [0.4, 0.5) is 5.69 Å². The van der Waals surface area contributed by atoms with Gasteiger partial charge in [0.2, 0.25) is 5.76 Å². The van der Waals surface area contributed by atoms with Crippen LogP contribution >= 0.6 is 0 Å². The van der Waals surface area contributed by atoms with Gasteiger partial charge in [-0.15, -0.1) is 0 Å². The highest BCUT2D eigenvalue weighted by molar-refractivity contribution is 5.93. The van der Waals surface area contributed by atoms with Crippen molar-refractivity contribution < 1.29 is 18.9 Å². The van der Waals surface area contributed by atoms with Gasteiger partial charge in [0.25, 0.3) is 5.69 Å². The number of non-ortho nitro benzene ring substituents is 1. The maximum atomic E-state index is 11.4. The molecule has 102 valence electrons. The van der Waals surface area contributed by atoms with Gasteiger partial charge in [0, 0.05) is 17.5 Å². The van der Waals surface area contributed by atoms with Gasteiger partial charge in [0.1, 0.15) is 5.58 Å². The minimum absolute atomic E-state index is 0.0438. The summed E-state index contributed by atoms with van der Waals surface area (Å²) < 4.78 is 9.99. The van der Waals surface area contributed by atoms with E-state index in [0.717, 1.165) is 0 Å². The van der Waals surface area contributed by atoms with E-state index >= 15 is 0 Å². The first kappa shape index (κ1) is 14.7. The van der Waals surface area contributed by atoms with Gasteiger partial charge in [-0.3, -0.25) is 10.1 Å². The van der Waals surface area contributed by atoms with Crippen LogP contribution in [0.1, 0.15) is 31.3 Å². The van der Waals surface area contributed by atoms with Crippen molar-refractivity contribution in [3.8, 4) is 0 Å². The average Bonchev–Trinajstić information content (AvgIpc) is 2.84. The second-order valence-electron chi connectivity index (χ2n) is 3.31. The minimum Gasteiger partial charge on any atom is -0.460 e. The van der Waals surface area contributed by atoms with Crippen LogP contribution in [0, 0.1) is 10.1 Å². The third kappa shape index (κ3) is 3.31. The van der Waals surface area contributed by atoms with E-state index in [9.17, 15) is 14.9 Å². The van der Waals surface area contributed by atoms with Crippen molar-refractivity contribution in [3.05, 3.63) is 40.1 Å². The Bertz CT molecular complexity index is 588. The first-order chi connectivity index (χ1) is 9.11. The lowest BCUT2D eigenvalue weighted by atomic mass is 10.2. The number of nitrogens with zero attached hydrogens (tertiary/aromatic N) is 1. The average molecular weight is 265 g/mol. The summed E-state index contributed by atoms with van der Waals surface area (Å²) in [5, 5.41) is 11.1. The van der Waals surface area contributed by atoms with E-state index in [1.165, 1.54) is 24.3 Å². The van der Waals surface area contributed by atoms with Crippen LogP contribution in [0.15, 0.2) is 28.7 Å². The molecule has 0 saturated heterocycles. The van der Waals surface area contributed by atoms with Crippen LogP contribution in [0.25, 0.3) is 11.0 Å². The normalized spacial score (nSPS) is 9.63. The number of furan rings is 1. The molecule has 6 nitrogen and oxygen atoms in total. The van der Waals surface area contributed by atoms with Gasteiger partial charge in [-0.25, -0.2) is 4.79 Å². The van der Waals surface area contributed by atoms with E-state index in [1.54, 1.807) is 6.92 Å². The van der Waals surface area contributed by atoms with Crippen molar-refractivity contribution in [1.29, 1.82) is 0 Å². The van der Waals surface area contributed by atoms with Gasteiger partial charge in [0.15, 0.2) is 0 Å². The summed E-state index contributed by atoms with van der Waals surface area (Å²) in [5.74, 6) is -0.534. The quantitative estimate of drug-likeness (QED) is 0.481. The molecule has 0 saturated carbocycles. The Morgan fingerprint density at radius 1 is 1.37 bits per heavy atom. The van der Waals surface area contributed by atoms with Crippen molar-refractivity contribution in [2.45, 2.75) is 20.8 Å². The first-order valence-electron chi connectivity index (χ1n) is 5.97. The summed E-state index contributed by atoms with van der Waals surface area (Å²) in [7, 11) is 0. The second kappa shape index (κ2) is 6.53. The van der Waals surface area contributed by atoms with Crippen molar-refractivity contribution >= 4 is 22.6 Å². The highest BCUT2D eigenvalue weighted by Gasteiger charge is 2.15. The van der Waals surface area contributed by atoms with Crippen LogP contribution in [-0.4, -0.2) is 17.5 Å². The molecule has 0 fully saturated rings. The molecule has 19 heavy (non-hydrogen) atoms. The third-order valence-corrected chi connectivity index (χ3v) is 2.19. The molecular weight excluding hydrogens is 250 g/mol. The van der Waals surface area contributed by atoms with Crippen LogP contribution < -0.4 is 0 Å². The number of hydrogen-bond donors (Lipinski definition) is 0. The Morgan fingerprint density at radius 3 is 2.63 bits per heavy atom. The molecule has 0 bridgehead atoms. The zero-order chi connectivity index (χ0) is 14.4. The maximum Gasteiger partial charge on any atom is 0.374 e. The lowest BCUT2D eigenvalue weighted by Gasteiger charge is -1.95. The molecule has 1 aromatic heterocycles. The summed E-state index contributed by atoms with van der Waals surface area (Å²) >= 11 is 0. The van der Waals surface area contributed by atoms with E-state index in [4.69, 9.17) is 9.15 Å². The van der Waals surface area contributed by atoms with E-state index < -0.39 is 10.9 Å². The molecule has 0 aliphatic carbocycles. The van der Waals surface area contributed by atoms with Crippen molar-refractivity contribution in [3.63, 3.8) is 0 Å². The molecule has 6 heteroatoms. The van der Waals surface area contributed by atoms with Crippen LogP contribution in [0.2, 0.25) is 0 Å². The van der Waals surface area contributed by atoms with Crippen molar-refractivity contribution in [2.75, 3.05) is 6.61 Å². The van der Waals surface area contributed by atoms with Gasteiger partial charge in [0.05, 0.1) is 11.5 Å². The molecule has 0 amide bonds. The molecule has 1 aromatic carbocycles. The molecule has 0 aliphatic rings. The lowest BCUT2D eigenvalue weighted by Crippen LogP contribution is -2.02. The molecular formula is C13H15NO5. The second-order valence-corrected chi connectivity index (χ2v) is 3.31. The number of esters is 1. The van der Waals surface area contributed by atoms with Crippen molar-refractivity contribution in [2.24, 2.45) is 0 Å². The van der Waals surface area contributed by atoms with E-state index in [0.29, 0.717) is 11.0 Å². The molecule has 2 rings (SSSR count). The first-order valence-corrected chi connectivity index (χ1v) is 5.97. The summed E-state index contributed by atoms with van der Waals surface area (Å²) in [5.41, 5.74) is 0.368. The predicted molar refractivity (Wildman–Crippen MR) is 70.2 cm³/mol. The van der Waals surface area contributed by atoms with Gasteiger partial charge in [-0.1, -0.05) is 13.8 Å². The summed E-state index contributed by atoms with van der Waals surface area (Å²) in [6, 6.07) is 5.55. The van der Waals surface area contributed by atoms with Gasteiger partial charge >= 0.3 is 5.97 Å². The molecule has 1 heterocycles. The minimum atomic E-state index is -0.577.